The molecule has 2 aromatic heterocycles. The smallest absolute Gasteiger partial charge is 0.256 e. The fourth-order valence-corrected chi connectivity index (χ4v) is 4.72. The van der Waals surface area contributed by atoms with Gasteiger partial charge in [0.2, 0.25) is 0 Å². The van der Waals surface area contributed by atoms with Crippen LogP contribution in [0.25, 0.3) is 11.2 Å². The average Bonchev–Trinajstić information content (AvgIpc) is 3.23. The molecular weight excluding hydrogens is 330 g/mol. The third-order valence-corrected chi connectivity index (χ3v) is 6.17. The number of pyridine rings is 1. The van der Waals surface area contributed by atoms with Gasteiger partial charge >= 0.3 is 0 Å². The van der Waals surface area contributed by atoms with E-state index in [1.807, 2.05) is 16.5 Å². The molecule has 0 unspecified atom stereocenters. The minimum Gasteiger partial charge on any atom is -0.380 e. The third-order valence-electron chi connectivity index (χ3n) is 6.17. The molecule has 2 aliphatic rings. The number of amides is 1. The van der Waals surface area contributed by atoms with E-state index in [9.17, 15) is 4.79 Å². The van der Waals surface area contributed by atoms with Crippen molar-refractivity contribution < 1.29 is 9.53 Å². The molecule has 2 aromatic rings. The zero-order valence-corrected chi connectivity index (χ0v) is 15.9. The van der Waals surface area contributed by atoms with Gasteiger partial charge in [-0.2, -0.15) is 0 Å². The quantitative estimate of drug-likeness (QED) is 0.831. The number of carbonyl (C=O) groups excluding carboxylic acids is 1. The van der Waals surface area contributed by atoms with Crippen LogP contribution in [-0.4, -0.2) is 76.7 Å². The molecule has 1 saturated heterocycles. The maximum Gasteiger partial charge on any atom is 0.256 e. The number of hydrogen-bond acceptors (Lipinski definition) is 5. The molecule has 4 atom stereocenters. The van der Waals surface area contributed by atoms with E-state index in [4.69, 9.17) is 4.74 Å². The molecule has 26 heavy (non-hydrogen) atoms. The van der Waals surface area contributed by atoms with Gasteiger partial charge in [-0.1, -0.05) is 0 Å². The van der Waals surface area contributed by atoms with E-state index in [1.165, 1.54) is 0 Å². The van der Waals surface area contributed by atoms with Gasteiger partial charge in [0.05, 0.1) is 18.0 Å². The summed E-state index contributed by atoms with van der Waals surface area (Å²) in [4.78, 5) is 26.2. The van der Waals surface area contributed by atoms with Crippen LogP contribution in [0.15, 0.2) is 18.6 Å². The minimum atomic E-state index is 0.0702. The molecule has 0 spiro atoms. The summed E-state index contributed by atoms with van der Waals surface area (Å²) < 4.78 is 7.60. The summed E-state index contributed by atoms with van der Waals surface area (Å²) in [5.41, 5.74) is 2.09. The van der Waals surface area contributed by atoms with E-state index < -0.39 is 0 Å². The fraction of sp³-hybridized carbons (Fsp3) is 0.632. The van der Waals surface area contributed by atoms with Crippen LogP contribution >= 0.6 is 0 Å². The maximum atomic E-state index is 13.2. The summed E-state index contributed by atoms with van der Waals surface area (Å²) >= 11 is 0. The predicted molar refractivity (Wildman–Crippen MR) is 98.9 cm³/mol. The van der Waals surface area contributed by atoms with Crippen molar-refractivity contribution in [1.82, 2.24) is 24.3 Å². The van der Waals surface area contributed by atoms with Gasteiger partial charge < -0.3 is 19.1 Å². The number of aryl methyl sites for hydroxylation is 1. The van der Waals surface area contributed by atoms with Crippen LogP contribution in [0.5, 0.6) is 0 Å². The number of ether oxygens (including phenoxy) is 1. The molecule has 7 nitrogen and oxygen atoms in total. The van der Waals surface area contributed by atoms with Crippen LogP contribution in [0.2, 0.25) is 0 Å². The van der Waals surface area contributed by atoms with Gasteiger partial charge in [0.15, 0.2) is 5.65 Å². The number of rotatable bonds is 3. The fourth-order valence-electron chi connectivity index (χ4n) is 4.72. The highest BCUT2D eigenvalue weighted by Crippen LogP contribution is 2.39. The Balaban J connectivity index is 1.56. The zero-order valence-electron chi connectivity index (χ0n) is 15.9. The van der Waals surface area contributed by atoms with Crippen molar-refractivity contribution >= 4 is 17.1 Å². The number of nitrogens with zero attached hydrogens (tertiary/aromatic N) is 5. The van der Waals surface area contributed by atoms with Crippen molar-refractivity contribution in [3.05, 3.63) is 24.2 Å². The Kier molecular flexibility index (Phi) is 4.44. The number of carbonyl (C=O) groups is 1. The molecule has 0 N–H and O–H groups in total. The van der Waals surface area contributed by atoms with Crippen LogP contribution < -0.4 is 0 Å². The summed E-state index contributed by atoms with van der Waals surface area (Å²) in [7, 11) is 7.93. The normalized spacial score (nSPS) is 28.7. The van der Waals surface area contributed by atoms with Crippen LogP contribution in [0.3, 0.4) is 0 Å². The van der Waals surface area contributed by atoms with E-state index in [2.05, 4.69) is 29.0 Å². The summed E-state index contributed by atoms with van der Waals surface area (Å²) in [6, 6.07) is 2.21. The van der Waals surface area contributed by atoms with Crippen molar-refractivity contribution in [3.63, 3.8) is 0 Å². The van der Waals surface area contributed by atoms with Gasteiger partial charge in [-0.15, -0.1) is 0 Å². The second-order valence-electron chi connectivity index (χ2n) is 7.89. The highest BCUT2D eigenvalue weighted by molar-refractivity contribution is 6.04. The number of imidazole rings is 1. The SMILES string of the molecule is CO[C@@H]1C[C@H]2CN(C(=O)c3ccnc4c3ncn4C)C[C@H]2C[C@H]1N(C)C. The maximum absolute atomic E-state index is 13.2. The van der Waals surface area contributed by atoms with E-state index >= 15 is 0 Å². The molecule has 140 valence electrons. The third kappa shape index (κ3) is 2.79. The van der Waals surface area contributed by atoms with Crippen molar-refractivity contribution in [3.8, 4) is 0 Å². The lowest BCUT2D eigenvalue weighted by atomic mass is 9.77. The molecule has 2 fully saturated rings. The Morgan fingerprint density at radius 1 is 1.23 bits per heavy atom. The standard InChI is InChI=1S/C19H27N5O2/c1-22(2)15-7-12-9-24(10-13(12)8-16(15)26-4)19(25)14-5-6-20-18-17(14)21-11-23(18)3/h5-6,11-13,15-16H,7-10H2,1-4H3/t12-,13+,15-,16-/m1/s1. The monoisotopic (exact) mass is 357 g/mol. The molecule has 1 aliphatic carbocycles. The Labute approximate surface area is 153 Å². The van der Waals surface area contributed by atoms with Gasteiger partial charge in [0.25, 0.3) is 5.91 Å². The highest BCUT2D eigenvalue weighted by Gasteiger charge is 2.44. The molecule has 1 aliphatic heterocycles. The van der Waals surface area contributed by atoms with Crippen molar-refractivity contribution in [2.24, 2.45) is 18.9 Å². The predicted octanol–water partition coefficient (Wildman–Crippen LogP) is 1.40. The van der Waals surface area contributed by atoms with Crippen molar-refractivity contribution in [1.29, 1.82) is 0 Å². The lowest BCUT2D eigenvalue weighted by Crippen LogP contribution is -2.47. The van der Waals surface area contributed by atoms with Crippen LogP contribution in [0.1, 0.15) is 23.2 Å². The molecule has 0 bridgehead atoms. The minimum absolute atomic E-state index is 0.0702. The first kappa shape index (κ1) is 17.4. The molecule has 1 amide bonds. The number of likely N-dealkylation sites (tertiary alicyclic amines) is 1. The second kappa shape index (κ2) is 6.63. The van der Waals surface area contributed by atoms with Crippen LogP contribution in [0, 0.1) is 11.8 Å². The zero-order chi connectivity index (χ0) is 18.4. The molecule has 3 heterocycles. The number of hydrogen-bond donors (Lipinski definition) is 0. The Morgan fingerprint density at radius 2 is 1.96 bits per heavy atom. The second-order valence-corrected chi connectivity index (χ2v) is 7.89. The van der Waals surface area contributed by atoms with Gasteiger partial charge in [-0.05, 0) is 44.8 Å². The van der Waals surface area contributed by atoms with Crippen molar-refractivity contribution in [2.45, 2.75) is 25.0 Å². The van der Waals surface area contributed by atoms with E-state index in [-0.39, 0.29) is 12.0 Å². The van der Waals surface area contributed by atoms with Gasteiger partial charge in [0.1, 0.15) is 5.52 Å². The average molecular weight is 357 g/mol. The molecule has 7 heteroatoms. The number of methoxy groups -OCH3 is 1. The van der Waals surface area contributed by atoms with Crippen LogP contribution in [0.4, 0.5) is 0 Å². The number of likely N-dealkylation sites (N-methyl/N-ethyl adjacent to an activating group) is 1. The van der Waals surface area contributed by atoms with E-state index in [0.717, 1.165) is 31.6 Å². The first-order valence-corrected chi connectivity index (χ1v) is 9.24. The molecule has 0 radical (unpaired) electrons. The molecule has 4 rings (SSSR count). The Bertz CT molecular complexity index is 817. The topological polar surface area (TPSA) is 63.5 Å². The Hall–Kier alpha value is -1.99. The highest BCUT2D eigenvalue weighted by atomic mass is 16.5. The number of aromatic nitrogens is 3. The van der Waals surface area contributed by atoms with Gasteiger partial charge in [-0.3, -0.25) is 4.79 Å². The van der Waals surface area contributed by atoms with Crippen LogP contribution in [-0.2, 0) is 11.8 Å². The van der Waals surface area contributed by atoms with Gasteiger partial charge in [-0.25, -0.2) is 9.97 Å². The van der Waals surface area contributed by atoms with Crippen molar-refractivity contribution in [2.75, 3.05) is 34.3 Å². The van der Waals surface area contributed by atoms with E-state index in [0.29, 0.717) is 29.0 Å². The van der Waals surface area contributed by atoms with Gasteiger partial charge in [0, 0.05) is 39.5 Å². The lowest BCUT2D eigenvalue weighted by Gasteiger charge is -2.40. The lowest BCUT2D eigenvalue weighted by molar-refractivity contribution is -0.0209. The molecular formula is C19H27N5O2. The summed E-state index contributed by atoms with van der Waals surface area (Å²) in [6.45, 7) is 1.63. The summed E-state index contributed by atoms with van der Waals surface area (Å²) in [5.74, 6) is 1.13. The largest absolute Gasteiger partial charge is 0.380 e. The summed E-state index contributed by atoms with van der Waals surface area (Å²) in [5, 5.41) is 0. The molecule has 0 aromatic carbocycles. The summed E-state index contributed by atoms with van der Waals surface area (Å²) in [6.07, 6.45) is 5.75. The first-order valence-electron chi connectivity index (χ1n) is 9.24. The number of fused-ring (bicyclic) bond motifs is 2. The molecule has 1 saturated carbocycles. The first-order chi connectivity index (χ1) is 12.5. The Morgan fingerprint density at radius 3 is 2.65 bits per heavy atom. The van der Waals surface area contributed by atoms with E-state index in [1.54, 1.807) is 25.7 Å².